The lowest BCUT2D eigenvalue weighted by Crippen LogP contribution is -2.34. The van der Waals surface area contributed by atoms with E-state index in [1.165, 1.54) is 17.0 Å². The van der Waals surface area contributed by atoms with Gasteiger partial charge in [0.1, 0.15) is 0 Å². The molecule has 0 aliphatic rings. The van der Waals surface area contributed by atoms with Crippen molar-refractivity contribution in [1.29, 1.82) is 0 Å². The number of hydrogen-bond donors (Lipinski definition) is 1. The molecule has 4 nitrogen and oxygen atoms in total. The predicted octanol–water partition coefficient (Wildman–Crippen LogP) is 2.32. The van der Waals surface area contributed by atoms with Gasteiger partial charge in [0, 0.05) is 19.6 Å². The summed E-state index contributed by atoms with van der Waals surface area (Å²) in [6.45, 7) is 7.35. The number of likely N-dealkylation sites (N-methyl/N-ethyl adjacent to an activating group) is 1. The van der Waals surface area contributed by atoms with Crippen molar-refractivity contribution in [2.45, 2.75) is 27.3 Å². The van der Waals surface area contributed by atoms with Crippen LogP contribution in [0, 0.1) is 11.6 Å². The number of carbonyl (C=O) groups is 1. The van der Waals surface area contributed by atoms with Crippen LogP contribution in [0.2, 0.25) is 0 Å². The maximum Gasteiger partial charge on any atom is 0.260 e. The maximum absolute atomic E-state index is 13.8. The normalized spacial score (nSPS) is 10.5. The van der Waals surface area contributed by atoms with E-state index in [0.717, 1.165) is 0 Å². The highest BCUT2D eigenvalue weighted by atomic mass is 19.1. The Labute approximate surface area is 124 Å². The Kier molecular flexibility index (Phi) is 7.08. The van der Waals surface area contributed by atoms with Crippen molar-refractivity contribution in [2.24, 2.45) is 0 Å². The molecule has 1 amide bonds. The van der Waals surface area contributed by atoms with Crippen LogP contribution < -0.4 is 10.1 Å². The fourth-order valence-electron chi connectivity index (χ4n) is 1.92. The lowest BCUT2D eigenvalue weighted by Gasteiger charge is -2.19. The SMILES string of the molecule is CCNCc1cc(F)c(OCC(=O)N(CC)CC)c(F)c1. The van der Waals surface area contributed by atoms with Gasteiger partial charge in [0.25, 0.3) is 5.91 Å². The molecule has 0 atom stereocenters. The molecule has 0 heterocycles. The zero-order chi connectivity index (χ0) is 15.8. The molecule has 1 aromatic rings. The number of halogens is 2. The molecule has 21 heavy (non-hydrogen) atoms. The van der Waals surface area contributed by atoms with Gasteiger partial charge in [0.05, 0.1) is 0 Å². The molecule has 0 aromatic heterocycles. The molecule has 0 spiro atoms. The predicted molar refractivity (Wildman–Crippen MR) is 77.2 cm³/mol. The monoisotopic (exact) mass is 300 g/mol. The molecule has 0 aliphatic heterocycles. The second-order valence-corrected chi connectivity index (χ2v) is 4.52. The van der Waals surface area contributed by atoms with Crippen LogP contribution in [0.3, 0.4) is 0 Å². The van der Waals surface area contributed by atoms with Gasteiger partial charge in [-0.15, -0.1) is 0 Å². The number of ether oxygens (including phenoxy) is 1. The van der Waals surface area contributed by atoms with Crippen molar-refractivity contribution in [3.63, 3.8) is 0 Å². The molecule has 0 radical (unpaired) electrons. The van der Waals surface area contributed by atoms with E-state index in [4.69, 9.17) is 4.74 Å². The van der Waals surface area contributed by atoms with Crippen molar-refractivity contribution in [3.8, 4) is 5.75 Å². The summed E-state index contributed by atoms with van der Waals surface area (Å²) in [7, 11) is 0. The van der Waals surface area contributed by atoms with Gasteiger partial charge in [-0.3, -0.25) is 4.79 Å². The Morgan fingerprint density at radius 1 is 1.19 bits per heavy atom. The van der Waals surface area contributed by atoms with Gasteiger partial charge in [0.15, 0.2) is 24.0 Å². The topological polar surface area (TPSA) is 41.6 Å². The van der Waals surface area contributed by atoms with Gasteiger partial charge in [-0.25, -0.2) is 8.78 Å². The molecule has 0 saturated carbocycles. The summed E-state index contributed by atoms with van der Waals surface area (Å²) >= 11 is 0. The van der Waals surface area contributed by atoms with E-state index in [9.17, 15) is 13.6 Å². The van der Waals surface area contributed by atoms with E-state index in [0.29, 0.717) is 31.7 Å². The number of amides is 1. The van der Waals surface area contributed by atoms with Gasteiger partial charge < -0.3 is 15.0 Å². The fraction of sp³-hybridized carbons (Fsp3) is 0.533. The Balaban J connectivity index is 2.73. The third-order valence-corrected chi connectivity index (χ3v) is 3.09. The molecular weight excluding hydrogens is 278 g/mol. The highest BCUT2D eigenvalue weighted by Gasteiger charge is 2.16. The van der Waals surface area contributed by atoms with Crippen molar-refractivity contribution in [1.82, 2.24) is 10.2 Å². The third kappa shape index (κ3) is 4.97. The average Bonchev–Trinajstić information content (AvgIpc) is 2.45. The first-order chi connectivity index (χ1) is 10.0. The zero-order valence-corrected chi connectivity index (χ0v) is 12.7. The summed E-state index contributed by atoms with van der Waals surface area (Å²) in [5.74, 6) is -2.39. The van der Waals surface area contributed by atoms with Gasteiger partial charge >= 0.3 is 0 Å². The minimum atomic E-state index is -0.796. The molecule has 1 aromatic carbocycles. The number of nitrogens with zero attached hydrogens (tertiary/aromatic N) is 1. The Morgan fingerprint density at radius 3 is 2.24 bits per heavy atom. The molecular formula is C15H22F2N2O2. The minimum absolute atomic E-state index is 0.296. The van der Waals surface area contributed by atoms with Gasteiger partial charge in [-0.05, 0) is 38.1 Å². The first-order valence-corrected chi connectivity index (χ1v) is 7.12. The first kappa shape index (κ1) is 17.4. The molecule has 0 aliphatic carbocycles. The highest BCUT2D eigenvalue weighted by molar-refractivity contribution is 5.77. The van der Waals surface area contributed by atoms with E-state index in [-0.39, 0.29) is 12.5 Å². The standard InChI is InChI=1S/C15H22F2N2O2/c1-4-18-9-11-7-12(16)15(13(17)8-11)21-10-14(20)19(5-2)6-3/h7-8,18H,4-6,9-10H2,1-3H3. The fourth-order valence-corrected chi connectivity index (χ4v) is 1.92. The number of carbonyl (C=O) groups excluding carboxylic acids is 1. The van der Waals surface area contributed by atoms with Gasteiger partial charge in [-0.1, -0.05) is 6.92 Å². The third-order valence-electron chi connectivity index (χ3n) is 3.09. The minimum Gasteiger partial charge on any atom is -0.478 e. The van der Waals surface area contributed by atoms with E-state index in [2.05, 4.69) is 5.32 Å². The molecule has 118 valence electrons. The van der Waals surface area contributed by atoms with Gasteiger partial charge in [0.2, 0.25) is 0 Å². The second-order valence-electron chi connectivity index (χ2n) is 4.52. The van der Waals surface area contributed by atoms with Crippen molar-refractivity contribution < 1.29 is 18.3 Å². The van der Waals surface area contributed by atoms with E-state index in [1.807, 2.05) is 20.8 Å². The van der Waals surface area contributed by atoms with E-state index >= 15 is 0 Å². The first-order valence-electron chi connectivity index (χ1n) is 7.12. The van der Waals surface area contributed by atoms with Crippen LogP contribution in [-0.2, 0) is 11.3 Å². The molecule has 0 bridgehead atoms. The van der Waals surface area contributed by atoms with Crippen molar-refractivity contribution in [2.75, 3.05) is 26.2 Å². The number of hydrogen-bond acceptors (Lipinski definition) is 3. The largest absolute Gasteiger partial charge is 0.478 e. The summed E-state index contributed by atoms with van der Waals surface area (Å²) in [6, 6.07) is 2.42. The van der Waals surface area contributed by atoms with Gasteiger partial charge in [-0.2, -0.15) is 0 Å². The summed E-state index contributed by atoms with van der Waals surface area (Å²) in [4.78, 5) is 13.3. The molecule has 1 N–H and O–H groups in total. The highest BCUT2D eigenvalue weighted by Crippen LogP contribution is 2.23. The second kappa shape index (κ2) is 8.56. The summed E-state index contributed by atoms with van der Waals surface area (Å²) in [5.41, 5.74) is 0.495. The smallest absolute Gasteiger partial charge is 0.260 e. The average molecular weight is 300 g/mol. The van der Waals surface area contributed by atoms with Crippen LogP contribution in [0.25, 0.3) is 0 Å². The van der Waals surface area contributed by atoms with Crippen LogP contribution in [0.15, 0.2) is 12.1 Å². The summed E-state index contributed by atoms with van der Waals surface area (Å²) in [5, 5.41) is 2.98. The lowest BCUT2D eigenvalue weighted by atomic mass is 10.2. The van der Waals surface area contributed by atoms with Crippen LogP contribution >= 0.6 is 0 Å². The maximum atomic E-state index is 13.8. The molecule has 6 heteroatoms. The van der Waals surface area contributed by atoms with Crippen LogP contribution in [0.5, 0.6) is 5.75 Å². The quantitative estimate of drug-likeness (QED) is 0.801. The molecule has 0 fully saturated rings. The van der Waals surface area contributed by atoms with Crippen molar-refractivity contribution in [3.05, 3.63) is 29.3 Å². The van der Waals surface area contributed by atoms with Crippen LogP contribution in [0.1, 0.15) is 26.3 Å². The zero-order valence-electron chi connectivity index (χ0n) is 12.7. The number of rotatable bonds is 8. The molecule has 0 unspecified atom stereocenters. The number of nitrogens with one attached hydrogen (secondary N) is 1. The summed E-state index contributed by atoms with van der Waals surface area (Å²) in [6.07, 6.45) is 0. The van der Waals surface area contributed by atoms with E-state index in [1.54, 1.807) is 0 Å². The van der Waals surface area contributed by atoms with E-state index < -0.39 is 17.4 Å². The summed E-state index contributed by atoms with van der Waals surface area (Å²) < 4.78 is 32.7. The van der Waals surface area contributed by atoms with Crippen LogP contribution in [0.4, 0.5) is 8.78 Å². The molecule has 1 rings (SSSR count). The number of benzene rings is 1. The Hall–Kier alpha value is -1.69. The Morgan fingerprint density at radius 2 is 1.76 bits per heavy atom. The lowest BCUT2D eigenvalue weighted by molar-refractivity contribution is -0.133. The van der Waals surface area contributed by atoms with Crippen LogP contribution in [-0.4, -0.2) is 37.0 Å². The van der Waals surface area contributed by atoms with Crippen molar-refractivity contribution >= 4 is 5.91 Å². The Bertz CT molecular complexity index is 454. The molecule has 0 saturated heterocycles.